The summed E-state index contributed by atoms with van der Waals surface area (Å²) in [6.45, 7) is 1.01. The predicted octanol–water partition coefficient (Wildman–Crippen LogP) is 3.61. The number of esters is 1. The Bertz CT molecular complexity index is 913. The fraction of sp³-hybridized carbons (Fsp3) is 0.150. The quantitative estimate of drug-likeness (QED) is 0.529. The molecule has 2 aromatic carbocycles. The van der Waals surface area contributed by atoms with Gasteiger partial charge in [-0.25, -0.2) is 4.79 Å². The second-order valence-corrected chi connectivity index (χ2v) is 6.58. The van der Waals surface area contributed by atoms with Crippen LogP contribution in [-0.4, -0.2) is 30.9 Å². The van der Waals surface area contributed by atoms with Crippen LogP contribution in [-0.2, 0) is 19.1 Å². The largest absolute Gasteiger partial charge is 0.452 e. The minimum Gasteiger partial charge on any atom is -0.452 e. The molecule has 0 atom stereocenters. The highest BCUT2D eigenvalue weighted by Gasteiger charge is 2.10. The Morgan fingerprint density at radius 3 is 2.57 bits per heavy atom. The molecule has 0 fully saturated rings. The maximum Gasteiger partial charge on any atom is 0.331 e. The van der Waals surface area contributed by atoms with Gasteiger partial charge < -0.3 is 15.4 Å². The van der Waals surface area contributed by atoms with E-state index in [4.69, 9.17) is 27.9 Å². The first-order chi connectivity index (χ1) is 13.3. The van der Waals surface area contributed by atoms with E-state index in [1.165, 1.54) is 12.2 Å². The Labute approximate surface area is 172 Å². The molecule has 0 aliphatic carbocycles. The molecule has 2 amide bonds. The van der Waals surface area contributed by atoms with Crippen molar-refractivity contribution in [3.63, 3.8) is 0 Å². The summed E-state index contributed by atoms with van der Waals surface area (Å²) < 4.78 is 4.82. The van der Waals surface area contributed by atoms with Crippen molar-refractivity contribution in [2.24, 2.45) is 0 Å². The summed E-state index contributed by atoms with van der Waals surface area (Å²) in [5.74, 6) is -1.71. The van der Waals surface area contributed by atoms with Gasteiger partial charge in [0.05, 0.1) is 6.54 Å². The number of anilines is 1. The number of halogens is 2. The lowest BCUT2D eigenvalue weighted by Crippen LogP contribution is -2.35. The number of hydrogen-bond donors (Lipinski definition) is 2. The molecule has 0 aliphatic heterocycles. The first-order valence-electron chi connectivity index (χ1n) is 8.27. The number of carbonyl (C=O) groups excluding carboxylic acids is 3. The molecule has 28 heavy (non-hydrogen) atoms. The van der Waals surface area contributed by atoms with Crippen LogP contribution < -0.4 is 10.6 Å². The van der Waals surface area contributed by atoms with Crippen LogP contribution in [0.25, 0.3) is 6.08 Å². The predicted molar refractivity (Wildman–Crippen MR) is 109 cm³/mol. The summed E-state index contributed by atoms with van der Waals surface area (Å²) in [5.41, 5.74) is 2.01. The molecule has 8 heteroatoms. The molecule has 0 unspecified atom stereocenters. The second-order valence-electron chi connectivity index (χ2n) is 5.73. The molecular formula is C20H18Cl2N2O4. The standard InChI is InChI=1S/C20H18Cl2N2O4/c1-13-16(22)6-3-7-17(13)24-18(25)11-23-19(26)12-28-20(27)9-8-14-4-2-5-15(21)10-14/h2-10H,11-12H2,1H3,(H,23,26)(H,24,25)/b9-8+. The van der Waals surface area contributed by atoms with Gasteiger partial charge in [-0.05, 0) is 48.4 Å². The SMILES string of the molecule is Cc1c(Cl)cccc1NC(=O)CNC(=O)COC(=O)/C=C/c1cccc(Cl)c1. The summed E-state index contributed by atoms with van der Waals surface area (Å²) in [5, 5.41) is 6.09. The van der Waals surface area contributed by atoms with E-state index >= 15 is 0 Å². The molecule has 0 aliphatic rings. The maximum atomic E-state index is 11.9. The Kier molecular flexibility index (Phi) is 8.04. The molecule has 2 N–H and O–H groups in total. The van der Waals surface area contributed by atoms with E-state index in [1.54, 1.807) is 49.4 Å². The third kappa shape index (κ3) is 7.06. The molecule has 6 nitrogen and oxygen atoms in total. The van der Waals surface area contributed by atoms with Crippen molar-refractivity contribution < 1.29 is 19.1 Å². The van der Waals surface area contributed by atoms with E-state index in [9.17, 15) is 14.4 Å². The van der Waals surface area contributed by atoms with Gasteiger partial charge in [0.1, 0.15) is 0 Å². The van der Waals surface area contributed by atoms with E-state index in [0.29, 0.717) is 15.7 Å². The highest BCUT2D eigenvalue weighted by atomic mass is 35.5. The number of hydrogen-bond acceptors (Lipinski definition) is 4. The monoisotopic (exact) mass is 420 g/mol. The van der Waals surface area contributed by atoms with Crippen LogP contribution in [0.2, 0.25) is 10.0 Å². The van der Waals surface area contributed by atoms with E-state index < -0.39 is 24.4 Å². The minimum absolute atomic E-state index is 0.263. The third-order valence-corrected chi connectivity index (χ3v) is 4.24. The lowest BCUT2D eigenvalue weighted by atomic mass is 10.2. The average molecular weight is 421 g/mol. The van der Waals surface area contributed by atoms with Gasteiger partial charge in [-0.15, -0.1) is 0 Å². The topological polar surface area (TPSA) is 84.5 Å². The van der Waals surface area contributed by atoms with Crippen LogP contribution in [0, 0.1) is 6.92 Å². The summed E-state index contributed by atoms with van der Waals surface area (Å²) >= 11 is 11.8. The molecule has 0 radical (unpaired) electrons. The lowest BCUT2D eigenvalue weighted by molar-refractivity contribution is -0.143. The number of carbonyl (C=O) groups is 3. The third-order valence-electron chi connectivity index (χ3n) is 3.59. The van der Waals surface area contributed by atoms with Crippen LogP contribution in [0.3, 0.4) is 0 Å². The van der Waals surface area contributed by atoms with Crippen LogP contribution in [0.1, 0.15) is 11.1 Å². The zero-order chi connectivity index (χ0) is 20.5. The molecule has 0 saturated heterocycles. The summed E-state index contributed by atoms with van der Waals surface area (Å²) in [6, 6.07) is 12.0. The van der Waals surface area contributed by atoms with E-state index in [2.05, 4.69) is 10.6 Å². The Morgan fingerprint density at radius 2 is 1.82 bits per heavy atom. The molecule has 0 heterocycles. The van der Waals surface area contributed by atoms with Gasteiger partial charge in [0.15, 0.2) is 6.61 Å². The van der Waals surface area contributed by atoms with Gasteiger partial charge in [-0.3, -0.25) is 9.59 Å². The van der Waals surface area contributed by atoms with Crippen molar-refractivity contribution in [3.8, 4) is 0 Å². The molecule has 0 spiro atoms. The van der Waals surface area contributed by atoms with Crippen molar-refractivity contribution in [1.82, 2.24) is 5.32 Å². The summed E-state index contributed by atoms with van der Waals surface area (Å²) in [4.78, 5) is 35.3. The smallest absolute Gasteiger partial charge is 0.331 e. The molecular weight excluding hydrogens is 403 g/mol. The van der Waals surface area contributed by atoms with Crippen LogP contribution in [0.4, 0.5) is 5.69 Å². The van der Waals surface area contributed by atoms with Crippen LogP contribution >= 0.6 is 23.2 Å². The van der Waals surface area contributed by atoms with Crippen LogP contribution in [0.15, 0.2) is 48.5 Å². The number of benzene rings is 2. The summed E-state index contributed by atoms with van der Waals surface area (Å²) in [7, 11) is 0. The van der Waals surface area contributed by atoms with Gasteiger partial charge in [-0.1, -0.05) is 41.4 Å². The minimum atomic E-state index is -0.686. The molecule has 0 bridgehead atoms. The van der Waals surface area contributed by atoms with Crippen molar-refractivity contribution in [1.29, 1.82) is 0 Å². The van der Waals surface area contributed by atoms with Gasteiger partial charge in [-0.2, -0.15) is 0 Å². The maximum absolute atomic E-state index is 11.9. The fourth-order valence-electron chi connectivity index (χ4n) is 2.13. The number of ether oxygens (including phenoxy) is 1. The number of nitrogens with one attached hydrogen (secondary N) is 2. The fourth-order valence-corrected chi connectivity index (χ4v) is 2.50. The molecule has 0 aromatic heterocycles. The Morgan fingerprint density at radius 1 is 1.07 bits per heavy atom. The van der Waals surface area contributed by atoms with Crippen molar-refractivity contribution in [2.45, 2.75) is 6.92 Å². The van der Waals surface area contributed by atoms with Gasteiger partial charge in [0, 0.05) is 21.8 Å². The van der Waals surface area contributed by atoms with E-state index in [1.807, 2.05) is 0 Å². The number of rotatable bonds is 7. The molecule has 2 rings (SSSR count). The van der Waals surface area contributed by atoms with Gasteiger partial charge >= 0.3 is 5.97 Å². The normalized spacial score (nSPS) is 10.5. The van der Waals surface area contributed by atoms with Crippen LogP contribution in [0.5, 0.6) is 0 Å². The summed E-state index contributed by atoms with van der Waals surface area (Å²) in [6.07, 6.45) is 2.71. The van der Waals surface area contributed by atoms with Gasteiger partial charge in [0.2, 0.25) is 5.91 Å². The van der Waals surface area contributed by atoms with Gasteiger partial charge in [0.25, 0.3) is 5.91 Å². The van der Waals surface area contributed by atoms with Crippen molar-refractivity contribution in [3.05, 3.63) is 69.7 Å². The van der Waals surface area contributed by atoms with Crippen molar-refractivity contribution in [2.75, 3.05) is 18.5 Å². The zero-order valence-corrected chi connectivity index (χ0v) is 16.5. The molecule has 2 aromatic rings. The van der Waals surface area contributed by atoms with E-state index in [-0.39, 0.29) is 6.54 Å². The first-order valence-corrected chi connectivity index (χ1v) is 9.03. The molecule has 0 saturated carbocycles. The Hall–Kier alpha value is -2.83. The highest BCUT2D eigenvalue weighted by molar-refractivity contribution is 6.31. The first kappa shape index (κ1) is 21.5. The molecule has 146 valence electrons. The number of amides is 2. The lowest BCUT2D eigenvalue weighted by Gasteiger charge is -2.10. The second kappa shape index (κ2) is 10.5. The average Bonchev–Trinajstić information content (AvgIpc) is 2.67. The van der Waals surface area contributed by atoms with E-state index in [0.717, 1.165) is 11.1 Å². The Balaban J connectivity index is 1.72. The zero-order valence-electron chi connectivity index (χ0n) is 15.0. The van der Waals surface area contributed by atoms with Crippen molar-refractivity contribution >= 4 is 52.7 Å². The highest BCUT2D eigenvalue weighted by Crippen LogP contribution is 2.22.